The van der Waals surface area contributed by atoms with E-state index in [9.17, 15) is 9.59 Å². The Morgan fingerprint density at radius 1 is 1.00 bits per heavy atom. The number of amides is 2. The number of hydrogen-bond acceptors (Lipinski definition) is 6. The van der Waals surface area contributed by atoms with Crippen LogP contribution in [-0.2, 0) is 9.59 Å². The molecule has 2 amide bonds. The second kappa shape index (κ2) is 6.37. The maximum Gasteiger partial charge on any atom is 0.312 e. The van der Waals surface area contributed by atoms with Gasteiger partial charge in [0.1, 0.15) is 0 Å². The van der Waals surface area contributed by atoms with E-state index in [2.05, 4.69) is 25.7 Å². The molecule has 0 unspecified atom stereocenters. The van der Waals surface area contributed by atoms with Crippen molar-refractivity contribution in [1.82, 2.24) is 30.4 Å². The van der Waals surface area contributed by atoms with Crippen LogP contribution in [0.25, 0.3) is 0 Å². The quantitative estimate of drug-likeness (QED) is 0.764. The third-order valence-corrected chi connectivity index (χ3v) is 5.10. The van der Waals surface area contributed by atoms with Crippen LogP contribution in [0.5, 0.6) is 0 Å². The summed E-state index contributed by atoms with van der Waals surface area (Å²) in [5.74, 6) is -0.102. The Morgan fingerprint density at radius 3 is 2.38 bits per heavy atom. The standard InChI is InChI=1S/C15H23N7O2/c23-13(16-11-5-6-11)14(24)20-7-9-21(10-8-20)15-17-18-19-22(15)12-3-1-2-4-12/h11-12H,1-10H2,(H,16,23). The zero-order chi connectivity index (χ0) is 16.5. The minimum Gasteiger partial charge on any atom is -0.345 e. The summed E-state index contributed by atoms with van der Waals surface area (Å²) in [6.45, 7) is 2.34. The maximum atomic E-state index is 12.2. The summed E-state index contributed by atoms with van der Waals surface area (Å²) >= 11 is 0. The molecule has 130 valence electrons. The minimum atomic E-state index is -0.471. The van der Waals surface area contributed by atoms with Gasteiger partial charge in [-0.15, -0.1) is 0 Å². The molecule has 9 heteroatoms. The first-order valence-corrected chi connectivity index (χ1v) is 8.85. The molecule has 1 saturated heterocycles. The highest BCUT2D eigenvalue weighted by atomic mass is 16.2. The molecular weight excluding hydrogens is 310 g/mol. The first-order chi connectivity index (χ1) is 11.7. The van der Waals surface area contributed by atoms with E-state index >= 15 is 0 Å². The highest BCUT2D eigenvalue weighted by Crippen LogP contribution is 2.31. The van der Waals surface area contributed by atoms with Crippen LogP contribution in [0, 0.1) is 0 Å². The number of anilines is 1. The van der Waals surface area contributed by atoms with Crippen LogP contribution >= 0.6 is 0 Å². The highest BCUT2D eigenvalue weighted by Gasteiger charge is 2.32. The van der Waals surface area contributed by atoms with Gasteiger partial charge in [0.05, 0.1) is 6.04 Å². The van der Waals surface area contributed by atoms with Crippen LogP contribution in [0.2, 0.25) is 0 Å². The van der Waals surface area contributed by atoms with E-state index in [0.717, 1.165) is 31.6 Å². The van der Waals surface area contributed by atoms with Gasteiger partial charge in [-0.1, -0.05) is 17.9 Å². The van der Waals surface area contributed by atoms with Crippen molar-refractivity contribution in [3.63, 3.8) is 0 Å². The van der Waals surface area contributed by atoms with E-state index in [1.807, 2.05) is 4.68 Å². The summed E-state index contributed by atoms with van der Waals surface area (Å²) in [4.78, 5) is 27.8. The van der Waals surface area contributed by atoms with Gasteiger partial charge in [0, 0.05) is 32.2 Å². The fraction of sp³-hybridized carbons (Fsp3) is 0.800. The number of piperazine rings is 1. The van der Waals surface area contributed by atoms with E-state index in [1.54, 1.807) is 4.90 Å². The van der Waals surface area contributed by atoms with Crippen molar-refractivity contribution in [2.75, 3.05) is 31.1 Å². The molecule has 0 radical (unpaired) electrons. The van der Waals surface area contributed by atoms with Gasteiger partial charge in [0.15, 0.2) is 0 Å². The molecule has 4 rings (SSSR count). The summed E-state index contributed by atoms with van der Waals surface area (Å²) in [5.41, 5.74) is 0. The molecule has 0 spiro atoms. The maximum absolute atomic E-state index is 12.2. The lowest BCUT2D eigenvalue weighted by atomic mass is 10.2. The molecule has 1 aromatic rings. The van der Waals surface area contributed by atoms with E-state index in [0.29, 0.717) is 32.2 Å². The van der Waals surface area contributed by atoms with Crippen molar-refractivity contribution in [2.24, 2.45) is 0 Å². The van der Waals surface area contributed by atoms with Gasteiger partial charge in [0.25, 0.3) is 0 Å². The lowest BCUT2D eigenvalue weighted by Crippen LogP contribution is -2.53. The topological polar surface area (TPSA) is 96.2 Å². The molecular formula is C15H23N7O2. The van der Waals surface area contributed by atoms with E-state index in [1.165, 1.54) is 12.8 Å². The van der Waals surface area contributed by atoms with E-state index in [-0.39, 0.29) is 6.04 Å². The average Bonchev–Trinajstić information content (AvgIpc) is 3.07. The number of rotatable bonds is 3. The third kappa shape index (κ3) is 3.07. The molecule has 24 heavy (non-hydrogen) atoms. The molecule has 9 nitrogen and oxygen atoms in total. The first-order valence-electron chi connectivity index (χ1n) is 8.85. The van der Waals surface area contributed by atoms with Crippen LogP contribution in [0.3, 0.4) is 0 Å². The number of nitrogens with zero attached hydrogens (tertiary/aromatic N) is 6. The largest absolute Gasteiger partial charge is 0.345 e. The van der Waals surface area contributed by atoms with Gasteiger partial charge in [-0.05, 0) is 36.1 Å². The Morgan fingerprint density at radius 2 is 1.71 bits per heavy atom. The molecule has 1 N–H and O–H groups in total. The Labute approximate surface area is 140 Å². The number of carbonyl (C=O) groups is 2. The smallest absolute Gasteiger partial charge is 0.312 e. The van der Waals surface area contributed by atoms with Gasteiger partial charge in [-0.2, -0.15) is 0 Å². The summed E-state index contributed by atoms with van der Waals surface area (Å²) in [6, 6.07) is 0.595. The van der Waals surface area contributed by atoms with Gasteiger partial charge in [-0.3, -0.25) is 9.59 Å². The second-order valence-corrected chi connectivity index (χ2v) is 6.89. The fourth-order valence-electron chi connectivity index (χ4n) is 3.51. The minimum absolute atomic E-state index is 0.207. The molecule has 1 aliphatic heterocycles. The molecule has 2 aliphatic carbocycles. The Hall–Kier alpha value is -2.19. The van der Waals surface area contributed by atoms with Crippen molar-refractivity contribution in [1.29, 1.82) is 0 Å². The van der Waals surface area contributed by atoms with Crippen LogP contribution < -0.4 is 10.2 Å². The number of carbonyl (C=O) groups excluding carboxylic acids is 2. The molecule has 0 atom stereocenters. The molecule has 1 aromatic heterocycles. The van der Waals surface area contributed by atoms with Gasteiger partial charge >= 0.3 is 11.8 Å². The predicted molar refractivity (Wildman–Crippen MR) is 85.3 cm³/mol. The molecule has 3 fully saturated rings. The Balaban J connectivity index is 1.35. The van der Waals surface area contributed by atoms with Crippen molar-refractivity contribution in [3.8, 4) is 0 Å². The SMILES string of the molecule is O=C(NC1CC1)C(=O)N1CCN(c2nnnn2C2CCCC2)CC1. The fourth-order valence-corrected chi connectivity index (χ4v) is 3.51. The summed E-state index contributed by atoms with van der Waals surface area (Å²) in [6.07, 6.45) is 6.66. The van der Waals surface area contributed by atoms with Crippen molar-refractivity contribution >= 4 is 17.8 Å². The van der Waals surface area contributed by atoms with Crippen LogP contribution in [0.4, 0.5) is 5.95 Å². The lowest BCUT2D eigenvalue weighted by molar-refractivity contribution is -0.146. The molecule has 2 heterocycles. The van der Waals surface area contributed by atoms with Crippen LogP contribution in [-0.4, -0.2) is 69.1 Å². The normalized spacial score (nSPS) is 22.0. The molecule has 0 bridgehead atoms. The monoisotopic (exact) mass is 333 g/mol. The summed E-state index contributed by atoms with van der Waals surface area (Å²) in [7, 11) is 0. The Bertz CT molecular complexity index is 613. The van der Waals surface area contributed by atoms with Crippen molar-refractivity contribution in [3.05, 3.63) is 0 Å². The highest BCUT2D eigenvalue weighted by molar-refractivity contribution is 6.35. The summed E-state index contributed by atoms with van der Waals surface area (Å²) < 4.78 is 1.93. The van der Waals surface area contributed by atoms with Crippen molar-refractivity contribution in [2.45, 2.75) is 50.6 Å². The predicted octanol–water partition coefficient (Wildman–Crippen LogP) is -0.285. The zero-order valence-corrected chi connectivity index (χ0v) is 13.7. The number of nitrogens with one attached hydrogen (secondary N) is 1. The van der Waals surface area contributed by atoms with E-state index in [4.69, 9.17) is 0 Å². The average molecular weight is 333 g/mol. The molecule has 0 aromatic carbocycles. The van der Waals surface area contributed by atoms with E-state index < -0.39 is 11.8 Å². The number of tetrazole rings is 1. The molecule has 2 saturated carbocycles. The van der Waals surface area contributed by atoms with Crippen LogP contribution in [0.1, 0.15) is 44.6 Å². The lowest BCUT2D eigenvalue weighted by Gasteiger charge is -2.34. The first kappa shape index (κ1) is 15.3. The van der Waals surface area contributed by atoms with Crippen LogP contribution in [0.15, 0.2) is 0 Å². The molecule has 3 aliphatic rings. The summed E-state index contributed by atoms with van der Waals surface area (Å²) in [5, 5.41) is 14.9. The third-order valence-electron chi connectivity index (χ3n) is 5.10. The Kier molecular flexibility index (Phi) is 4.07. The van der Waals surface area contributed by atoms with Gasteiger partial charge in [0.2, 0.25) is 5.95 Å². The van der Waals surface area contributed by atoms with Gasteiger partial charge < -0.3 is 15.1 Å². The number of hydrogen-bond donors (Lipinski definition) is 1. The van der Waals surface area contributed by atoms with Crippen molar-refractivity contribution < 1.29 is 9.59 Å². The second-order valence-electron chi connectivity index (χ2n) is 6.89. The van der Waals surface area contributed by atoms with Gasteiger partial charge in [-0.25, -0.2) is 4.68 Å². The zero-order valence-electron chi connectivity index (χ0n) is 13.7. The number of aromatic nitrogens is 4.